The Morgan fingerprint density at radius 3 is 3.00 bits per heavy atom. The summed E-state index contributed by atoms with van der Waals surface area (Å²) in [6.07, 6.45) is 2.12. The van der Waals surface area contributed by atoms with E-state index in [9.17, 15) is 10.2 Å². The standard InChI is InChI=1S/C14H19N3O3/c18-10-14(19)5-2-7-17(8-6-14)9-11-3-1-4-12-13(11)16-20-15-12/h1,3-4,18-19H,2,5-10H2. The minimum atomic E-state index is -0.920. The average Bonchev–Trinajstić information content (AvgIpc) is 2.86. The molecule has 6 heteroatoms. The van der Waals surface area contributed by atoms with E-state index >= 15 is 0 Å². The second-order valence-electron chi connectivity index (χ2n) is 5.56. The lowest BCUT2D eigenvalue weighted by Gasteiger charge is -2.24. The summed E-state index contributed by atoms with van der Waals surface area (Å²) in [4.78, 5) is 2.27. The Morgan fingerprint density at radius 1 is 1.25 bits per heavy atom. The number of likely N-dealkylation sites (tertiary alicyclic amines) is 1. The first-order valence-electron chi connectivity index (χ1n) is 6.96. The quantitative estimate of drug-likeness (QED) is 0.868. The zero-order valence-electron chi connectivity index (χ0n) is 11.3. The van der Waals surface area contributed by atoms with Gasteiger partial charge in [-0.2, -0.15) is 0 Å². The Hall–Kier alpha value is -1.50. The monoisotopic (exact) mass is 277 g/mol. The molecule has 0 bridgehead atoms. The van der Waals surface area contributed by atoms with Gasteiger partial charge in [0.2, 0.25) is 0 Å². The highest BCUT2D eigenvalue weighted by molar-refractivity contribution is 5.76. The van der Waals surface area contributed by atoms with Gasteiger partial charge in [-0.1, -0.05) is 12.1 Å². The smallest absolute Gasteiger partial charge is 0.139 e. The molecule has 1 aromatic heterocycles. The number of aliphatic hydroxyl groups excluding tert-OH is 1. The van der Waals surface area contributed by atoms with Crippen LogP contribution in [0.5, 0.6) is 0 Å². The van der Waals surface area contributed by atoms with Crippen molar-refractivity contribution in [3.63, 3.8) is 0 Å². The van der Waals surface area contributed by atoms with Crippen molar-refractivity contribution in [1.82, 2.24) is 15.2 Å². The van der Waals surface area contributed by atoms with Gasteiger partial charge in [-0.15, -0.1) is 0 Å². The van der Waals surface area contributed by atoms with E-state index in [0.29, 0.717) is 12.8 Å². The summed E-state index contributed by atoms with van der Waals surface area (Å²) in [5.41, 5.74) is 1.73. The van der Waals surface area contributed by atoms with E-state index in [0.717, 1.165) is 42.7 Å². The molecule has 108 valence electrons. The van der Waals surface area contributed by atoms with Gasteiger partial charge in [-0.3, -0.25) is 4.90 Å². The van der Waals surface area contributed by atoms with Crippen LogP contribution >= 0.6 is 0 Å². The van der Waals surface area contributed by atoms with Gasteiger partial charge in [0.25, 0.3) is 0 Å². The molecule has 2 N–H and O–H groups in total. The molecule has 2 aromatic rings. The fourth-order valence-corrected chi connectivity index (χ4v) is 2.78. The molecular formula is C14H19N3O3. The van der Waals surface area contributed by atoms with Crippen LogP contribution in [0.2, 0.25) is 0 Å². The third-order valence-corrected chi connectivity index (χ3v) is 4.07. The molecule has 1 aliphatic rings. The summed E-state index contributed by atoms with van der Waals surface area (Å²) >= 11 is 0. The highest BCUT2D eigenvalue weighted by atomic mass is 16.6. The molecule has 3 rings (SSSR count). The predicted octanol–water partition coefficient (Wildman–Crippen LogP) is 0.932. The van der Waals surface area contributed by atoms with Crippen LogP contribution in [0.1, 0.15) is 24.8 Å². The minimum Gasteiger partial charge on any atom is -0.393 e. The summed E-state index contributed by atoms with van der Waals surface area (Å²) in [5, 5.41) is 27.2. The molecule has 1 atom stereocenters. The number of fused-ring (bicyclic) bond motifs is 1. The lowest BCUT2D eigenvalue weighted by molar-refractivity contribution is -0.0255. The largest absolute Gasteiger partial charge is 0.393 e. The number of aliphatic hydroxyl groups is 2. The Kier molecular flexibility index (Phi) is 3.69. The SMILES string of the molecule is OCC1(O)CCCN(Cc2cccc3nonc23)CC1. The van der Waals surface area contributed by atoms with E-state index in [2.05, 4.69) is 15.2 Å². The Bertz CT molecular complexity index is 586. The van der Waals surface area contributed by atoms with Gasteiger partial charge in [0.05, 0.1) is 12.2 Å². The molecule has 0 radical (unpaired) electrons. The van der Waals surface area contributed by atoms with Gasteiger partial charge in [-0.05, 0) is 47.8 Å². The van der Waals surface area contributed by atoms with Crippen LogP contribution in [-0.4, -0.2) is 50.7 Å². The first-order valence-corrected chi connectivity index (χ1v) is 6.96. The van der Waals surface area contributed by atoms with Crippen molar-refractivity contribution in [3.8, 4) is 0 Å². The highest BCUT2D eigenvalue weighted by Gasteiger charge is 2.29. The molecule has 1 aliphatic heterocycles. The van der Waals surface area contributed by atoms with Crippen LogP contribution in [0.4, 0.5) is 0 Å². The first-order chi connectivity index (χ1) is 9.70. The Morgan fingerprint density at radius 2 is 2.15 bits per heavy atom. The summed E-state index contributed by atoms with van der Waals surface area (Å²) < 4.78 is 4.78. The van der Waals surface area contributed by atoms with Crippen LogP contribution in [0, 0.1) is 0 Å². The topological polar surface area (TPSA) is 82.6 Å². The van der Waals surface area contributed by atoms with Crippen LogP contribution in [0.25, 0.3) is 11.0 Å². The summed E-state index contributed by atoms with van der Waals surface area (Å²) in [6, 6.07) is 5.85. The maximum Gasteiger partial charge on any atom is 0.139 e. The predicted molar refractivity (Wildman–Crippen MR) is 73.0 cm³/mol. The van der Waals surface area contributed by atoms with Crippen LogP contribution < -0.4 is 0 Å². The average molecular weight is 277 g/mol. The molecule has 6 nitrogen and oxygen atoms in total. The molecule has 0 saturated carbocycles. The van der Waals surface area contributed by atoms with Crippen molar-refractivity contribution in [2.75, 3.05) is 19.7 Å². The van der Waals surface area contributed by atoms with Gasteiger partial charge in [0.1, 0.15) is 11.0 Å². The van der Waals surface area contributed by atoms with Crippen LogP contribution in [0.3, 0.4) is 0 Å². The van der Waals surface area contributed by atoms with Gasteiger partial charge in [-0.25, -0.2) is 4.63 Å². The molecule has 1 fully saturated rings. The normalized spacial score (nSPS) is 24.9. The molecule has 1 saturated heterocycles. The summed E-state index contributed by atoms with van der Waals surface area (Å²) in [6.45, 7) is 2.26. The third-order valence-electron chi connectivity index (χ3n) is 4.07. The third kappa shape index (κ3) is 2.67. The zero-order chi connectivity index (χ0) is 14.0. The van der Waals surface area contributed by atoms with Gasteiger partial charge >= 0.3 is 0 Å². The van der Waals surface area contributed by atoms with E-state index in [-0.39, 0.29) is 6.61 Å². The lowest BCUT2D eigenvalue weighted by Crippen LogP contribution is -2.34. The summed E-state index contributed by atoms with van der Waals surface area (Å²) in [5.74, 6) is 0. The number of nitrogens with zero attached hydrogens (tertiary/aromatic N) is 3. The number of hydrogen-bond donors (Lipinski definition) is 2. The Balaban J connectivity index is 1.73. The number of rotatable bonds is 3. The number of benzene rings is 1. The fraction of sp³-hybridized carbons (Fsp3) is 0.571. The van der Waals surface area contributed by atoms with E-state index < -0.39 is 5.60 Å². The van der Waals surface area contributed by atoms with Crippen LogP contribution in [0.15, 0.2) is 22.8 Å². The fourth-order valence-electron chi connectivity index (χ4n) is 2.78. The molecule has 0 aliphatic carbocycles. The molecule has 0 amide bonds. The van der Waals surface area contributed by atoms with E-state index in [1.54, 1.807) is 0 Å². The minimum absolute atomic E-state index is 0.163. The van der Waals surface area contributed by atoms with Crippen molar-refractivity contribution in [2.45, 2.75) is 31.4 Å². The molecule has 20 heavy (non-hydrogen) atoms. The molecular weight excluding hydrogens is 258 g/mol. The molecule has 1 unspecified atom stereocenters. The van der Waals surface area contributed by atoms with Crippen molar-refractivity contribution < 1.29 is 14.8 Å². The van der Waals surface area contributed by atoms with Crippen molar-refractivity contribution in [3.05, 3.63) is 23.8 Å². The second-order valence-corrected chi connectivity index (χ2v) is 5.56. The molecule has 0 spiro atoms. The lowest BCUT2D eigenvalue weighted by atomic mass is 9.96. The van der Waals surface area contributed by atoms with Crippen LogP contribution in [-0.2, 0) is 6.54 Å². The first kappa shape index (κ1) is 13.5. The Labute approximate surface area is 117 Å². The number of aromatic nitrogens is 2. The van der Waals surface area contributed by atoms with Gasteiger partial charge in [0.15, 0.2) is 0 Å². The van der Waals surface area contributed by atoms with E-state index in [4.69, 9.17) is 4.63 Å². The maximum atomic E-state index is 10.2. The van der Waals surface area contributed by atoms with Crippen molar-refractivity contribution in [1.29, 1.82) is 0 Å². The van der Waals surface area contributed by atoms with Gasteiger partial charge < -0.3 is 10.2 Å². The van der Waals surface area contributed by atoms with E-state index in [1.807, 2.05) is 18.2 Å². The highest BCUT2D eigenvalue weighted by Crippen LogP contribution is 2.24. The molecule has 2 heterocycles. The maximum absolute atomic E-state index is 10.2. The number of hydrogen-bond acceptors (Lipinski definition) is 6. The second kappa shape index (κ2) is 5.47. The van der Waals surface area contributed by atoms with Gasteiger partial charge in [0, 0.05) is 13.1 Å². The molecule has 1 aromatic carbocycles. The zero-order valence-corrected chi connectivity index (χ0v) is 11.3. The summed E-state index contributed by atoms with van der Waals surface area (Å²) in [7, 11) is 0. The van der Waals surface area contributed by atoms with E-state index in [1.165, 1.54) is 0 Å². The van der Waals surface area contributed by atoms with Crippen molar-refractivity contribution in [2.24, 2.45) is 0 Å². The van der Waals surface area contributed by atoms with Crippen molar-refractivity contribution >= 4 is 11.0 Å².